The molecule has 0 radical (unpaired) electrons. The van der Waals surface area contributed by atoms with Crippen molar-refractivity contribution in [2.24, 2.45) is 16.6 Å². The number of guanidine groups is 1. The molecule has 18 heavy (non-hydrogen) atoms. The standard InChI is InChI=1S/C12H18F3N3/c13-12(14,15)8-2-1-5-11(6-8)7-17-10(16)18(11)9-3-4-9/h8-9H,1-7H2,(H2,16,17). The first-order chi connectivity index (χ1) is 8.42. The van der Waals surface area contributed by atoms with E-state index in [0.29, 0.717) is 25.0 Å². The van der Waals surface area contributed by atoms with E-state index in [2.05, 4.69) is 4.99 Å². The number of alkyl halides is 3. The fourth-order valence-corrected chi connectivity index (χ4v) is 3.51. The Morgan fingerprint density at radius 3 is 2.61 bits per heavy atom. The molecule has 2 fully saturated rings. The van der Waals surface area contributed by atoms with Crippen molar-refractivity contribution in [2.45, 2.75) is 56.3 Å². The van der Waals surface area contributed by atoms with Gasteiger partial charge < -0.3 is 10.6 Å². The molecule has 0 amide bonds. The van der Waals surface area contributed by atoms with Gasteiger partial charge in [-0.3, -0.25) is 4.99 Å². The second-order valence-corrected chi connectivity index (χ2v) is 5.83. The van der Waals surface area contributed by atoms with Crippen molar-refractivity contribution < 1.29 is 13.2 Å². The molecule has 0 aromatic carbocycles. The first-order valence-corrected chi connectivity index (χ1v) is 6.58. The number of hydrogen-bond donors (Lipinski definition) is 1. The maximum absolute atomic E-state index is 12.9. The Balaban J connectivity index is 1.82. The van der Waals surface area contributed by atoms with E-state index in [1.54, 1.807) is 0 Å². The van der Waals surface area contributed by atoms with E-state index in [9.17, 15) is 13.2 Å². The van der Waals surface area contributed by atoms with Crippen LogP contribution in [0.25, 0.3) is 0 Å². The zero-order valence-electron chi connectivity index (χ0n) is 10.2. The van der Waals surface area contributed by atoms with Gasteiger partial charge in [0.25, 0.3) is 0 Å². The Kier molecular flexibility index (Phi) is 2.54. The number of rotatable bonds is 1. The van der Waals surface area contributed by atoms with Crippen molar-refractivity contribution in [3.63, 3.8) is 0 Å². The van der Waals surface area contributed by atoms with E-state index in [0.717, 1.165) is 19.3 Å². The van der Waals surface area contributed by atoms with Gasteiger partial charge in [-0.25, -0.2) is 0 Å². The van der Waals surface area contributed by atoms with Crippen LogP contribution in [0.4, 0.5) is 13.2 Å². The van der Waals surface area contributed by atoms with Crippen molar-refractivity contribution in [3.8, 4) is 0 Å². The van der Waals surface area contributed by atoms with Gasteiger partial charge in [0.2, 0.25) is 0 Å². The van der Waals surface area contributed by atoms with Crippen LogP contribution in [-0.4, -0.2) is 35.2 Å². The van der Waals surface area contributed by atoms with Gasteiger partial charge in [-0.15, -0.1) is 0 Å². The molecular weight excluding hydrogens is 243 g/mol. The van der Waals surface area contributed by atoms with Crippen LogP contribution in [0.2, 0.25) is 0 Å². The van der Waals surface area contributed by atoms with E-state index in [-0.39, 0.29) is 12.8 Å². The fourth-order valence-electron chi connectivity index (χ4n) is 3.51. The average Bonchev–Trinajstić information content (AvgIpc) is 3.06. The van der Waals surface area contributed by atoms with Gasteiger partial charge in [-0.05, 0) is 32.1 Å². The van der Waals surface area contributed by atoms with E-state index < -0.39 is 17.6 Å². The van der Waals surface area contributed by atoms with Crippen LogP contribution >= 0.6 is 0 Å². The molecule has 1 aliphatic heterocycles. The monoisotopic (exact) mass is 261 g/mol. The maximum Gasteiger partial charge on any atom is 0.391 e. The van der Waals surface area contributed by atoms with Gasteiger partial charge in [-0.1, -0.05) is 6.42 Å². The third kappa shape index (κ3) is 1.86. The molecule has 2 aliphatic carbocycles. The van der Waals surface area contributed by atoms with Gasteiger partial charge in [0.05, 0.1) is 18.0 Å². The quantitative estimate of drug-likeness (QED) is 0.786. The summed E-state index contributed by atoms with van der Waals surface area (Å²) in [6, 6.07) is 0.336. The molecule has 2 atom stereocenters. The summed E-state index contributed by atoms with van der Waals surface area (Å²) in [5.41, 5.74) is 5.43. The lowest BCUT2D eigenvalue weighted by molar-refractivity contribution is -0.191. The van der Waals surface area contributed by atoms with E-state index in [4.69, 9.17) is 5.73 Å². The third-order valence-corrected chi connectivity index (χ3v) is 4.49. The van der Waals surface area contributed by atoms with Crippen molar-refractivity contribution in [3.05, 3.63) is 0 Å². The highest BCUT2D eigenvalue weighted by Gasteiger charge is 2.54. The first-order valence-electron chi connectivity index (χ1n) is 6.58. The number of nitrogens with two attached hydrogens (primary N) is 1. The highest BCUT2D eigenvalue weighted by Crippen LogP contribution is 2.48. The molecular formula is C12H18F3N3. The van der Waals surface area contributed by atoms with Gasteiger partial charge in [-0.2, -0.15) is 13.2 Å². The highest BCUT2D eigenvalue weighted by molar-refractivity contribution is 5.81. The predicted molar refractivity (Wildman–Crippen MR) is 62.1 cm³/mol. The lowest BCUT2D eigenvalue weighted by Crippen LogP contribution is -2.56. The van der Waals surface area contributed by atoms with Crippen LogP contribution in [0.1, 0.15) is 38.5 Å². The Bertz CT molecular complexity index is 375. The molecule has 0 aromatic rings. The molecule has 102 valence electrons. The Morgan fingerprint density at radius 2 is 2.00 bits per heavy atom. The van der Waals surface area contributed by atoms with E-state index in [1.807, 2.05) is 4.90 Å². The van der Waals surface area contributed by atoms with Crippen molar-refractivity contribution in [1.29, 1.82) is 0 Å². The second-order valence-electron chi connectivity index (χ2n) is 5.83. The molecule has 0 bridgehead atoms. The largest absolute Gasteiger partial charge is 0.391 e. The molecule has 2 saturated carbocycles. The van der Waals surface area contributed by atoms with E-state index >= 15 is 0 Å². The minimum Gasteiger partial charge on any atom is -0.370 e. The van der Waals surface area contributed by atoms with Crippen LogP contribution < -0.4 is 5.73 Å². The summed E-state index contributed by atoms with van der Waals surface area (Å²) in [6.07, 6.45) is -0.180. The Morgan fingerprint density at radius 1 is 1.28 bits per heavy atom. The van der Waals surface area contributed by atoms with E-state index in [1.165, 1.54) is 0 Å². The minimum absolute atomic E-state index is 0.164. The zero-order chi connectivity index (χ0) is 13.0. The van der Waals surface area contributed by atoms with Gasteiger partial charge in [0, 0.05) is 6.04 Å². The summed E-state index contributed by atoms with van der Waals surface area (Å²) in [5, 5.41) is 0. The molecule has 2 N–H and O–H groups in total. The van der Waals surface area contributed by atoms with Crippen LogP contribution in [0.3, 0.4) is 0 Å². The zero-order valence-corrected chi connectivity index (χ0v) is 10.2. The van der Waals surface area contributed by atoms with Crippen LogP contribution in [-0.2, 0) is 0 Å². The van der Waals surface area contributed by atoms with Crippen LogP contribution in [0.5, 0.6) is 0 Å². The number of halogens is 3. The van der Waals surface area contributed by atoms with Gasteiger partial charge in [0.1, 0.15) is 0 Å². The fraction of sp³-hybridized carbons (Fsp3) is 0.917. The summed E-state index contributed by atoms with van der Waals surface area (Å²) >= 11 is 0. The third-order valence-electron chi connectivity index (χ3n) is 4.49. The predicted octanol–water partition coefficient (Wildman–Crippen LogP) is 2.27. The minimum atomic E-state index is -4.08. The molecule has 0 aromatic heterocycles. The van der Waals surface area contributed by atoms with Crippen molar-refractivity contribution >= 4 is 5.96 Å². The molecule has 1 spiro atoms. The van der Waals surface area contributed by atoms with Crippen LogP contribution in [0, 0.1) is 5.92 Å². The lowest BCUT2D eigenvalue weighted by atomic mass is 9.74. The highest BCUT2D eigenvalue weighted by atomic mass is 19.4. The topological polar surface area (TPSA) is 41.6 Å². The first kappa shape index (κ1) is 12.1. The number of hydrogen-bond acceptors (Lipinski definition) is 3. The van der Waals surface area contributed by atoms with Crippen molar-refractivity contribution in [1.82, 2.24) is 4.90 Å². The van der Waals surface area contributed by atoms with Crippen molar-refractivity contribution in [2.75, 3.05) is 6.54 Å². The average molecular weight is 261 g/mol. The molecule has 0 saturated heterocycles. The normalized spacial score (nSPS) is 37.2. The second kappa shape index (κ2) is 3.78. The lowest BCUT2D eigenvalue weighted by Gasteiger charge is -2.45. The molecule has 2 unspecified atom stereocenters. The Hall–Kier alpha value is -0.940. The molecule has 1 heterocycles. The molecule has 3 nitrogen and oxygen atoms in total. The summed E-state index contributed by atoms with van der Waals surface area (Å²) in [7, 11) is 0. The van der Waals surface area contributed by atoms with Gasteiger partial charge >= 0.3 is 6.18 Å². The smallest absolute Gasteiger partial charge is 0.370 e. The summed E-state index contributed by atoms with van der Waals surface area (Å²) in [6.45, 7) is 0.446. The number of aliphatic imine (C=N–C) groups is 1. The Labute approximate surface area is 104 Å². The maximum atomic E-state index is 12.9. The molecule has 3 rings (SSSR count). The SMILES string of the molecule is NC1=NCC2(CCCC(C(F)(F)F)C2)N1C1CC1. The summed E-state index contributed by atoms with van der Waals surface area (Å²) in [5.74, 6) is -0.728. The molecule has 3 aliphatic rings. The molecule has 6 heteroatoms. The van der Waals surface area contributed by atoms with Crippen LogP contribution in [0.15, 0.2) is 4.99 Å². The summed E-state index contributed by atoms with van der Waals surface area (Å²) < 4.78 is 38.8. The van der Waals surface area contributed by atoms with Gasteiger partial charge in [0.15, 0.2) is 5.96 Å². The number of nitrogens with zero attached hydrogens (tertiary/aromatic N) is 2. The summed E-state index contributed by atoms with van der Waals surface area (Å²) in [4.78, 5) is 6.23.